The number of nitrogens with zero attached hydrogens (tertiary/aromatic N) is 3. The topological polar surface area (TPSA) is 69.0 Å². The molecule has 1 amide bonds. The van der Waals surface area contributed by atoms with E-state index in [1.54, 1.807) is 6.07 Å². The zero-order valence-corrected chi connectivity index (χ0v) is 13.4. The molecule has 1 fully saturated rings. The molecule has 1 aromatic rings. The third-order valence-corrected chi connectivity index (χ3v) is 4.23. The van der Waals surface area contributed by atoms with Crippen molar-refractivity contribution in [3.05, 3.63) is 23.9 Å². The fourth-order valence-corrected chi connectivity index (χ4v) is 2.82. The highest BCUT2D eigenvalue weighted by atomic mass is 16.1. The van der Waals surface area contributed by atoms with Crippen LogP contribution in [0.5, 0.6) is 0 Å². The predicted octanol–water partition coefficient (Wildman–Crippen LogP) is 2.47. The summed E-state index contributed by atoms with van der Waals surface area (Å²) in [6.07, 6.45) is 3.97. The average molecular weight is 300 g/mol. The molecule has 0 aliphatic carbocycles. The van der Waals surface area contributed by atoms with Crippen molar-refractivity contribution < 1.29 is 4.79 Å². The second-order valence-electron chi connectivity index (χ2n) is 5.91. The minimum atomic E-state index is 0.000554. The van der Waals surface area contributed by atoms with Crippen LogP contribution < -0.4 is 10.2 Å². The lowest BCUT2D eigenvalue weighted by molar-refractivity contribution is -0.125. The summed E-state index contributed by atoms with van der Waals surface area (Å²) in [5.74, 6) is 0.931. The molecule has 1 aliphatic heterocycles. The third kappa shape index (κ3) is 3.97. The normalized spacial score (nSPS) is 21.2. The maximum atomic E-state index is 12.3. The number of nitrogens with one attached hydrogen (secondary N) is 1. The van der Waals surface area contributed by atoms with Crippen LogP contribution in [0.25, 0.3) is 0 Å². The maximum Gasteiger partial charge on any atom is 0.224 e. The van der Waals surface area contributed by atoms with Gasteiger partial charge in [0, 0.05) is 19.1 Å². The summed E-state index contributed by atoms with van der Waals surface area (Å²) in [7, 11) is 0. The number of anilines is 1. The Morgan fingerprint density at radius 3 is 3.05 bits per heavy atom. The van der Waals surface area contributed by atoms with Gasteiger partial charge >= 0.3 is 0 Å². The summed E-state index contributed by atoms with van der Waals surface area (Å²) in [5.41, 5.74) is 0.416. The van der Waals surface area contributed by atoms with Crippen LogP contribution in [0.4, 0.5) is 5.82 Å². The molecule has 1 saturated heterocycles. The molecular formula is C17H24N4O. The monoisotopic (exact) mass is 300 g/mol. The third-order valence-electron chi connectivity index (χ3n) is 4.23. The smallest absolute Gasteiger partial charge is 0.224 e. The number of hydrogen-bond donors (Lipinski definition) is 1. The minimum absolute atomic E-state index is 0.000554. The number of pyridine rings is 1. The van der Waals surface area contributed by atoms with E-state index in [0.29, 0.717) is 18.3 Å². The molecule has 2 unspecified atom stereocenters. The Labute approximate surface area is 132 Å². The van der Waals surface area contributed by atoms with E-state index in [1.165, 1.54) is 0 Å². The van der Waals surface area contributed by atoms with Crippen molar-refractivity contribution in [2.24, 2.45) is 5.92 Å². The molecule has 2 rings (SSSR count). The number of carbonyl (C=O) groups is 1. The number of amides is 1. The largest absolute Gasteiger partial charge is 0.356 e. The van der Waals surface area contributed by atoms with Crippen molar-refractivity contribution in [3.63, 3.8) is 0 Å². The van der Waals surface area contributed by atoms with E-state index in [0.717, 1.165) is 38.0 Å². The Kier molecular flexibility index (Phi) is 5.76. The summed E-state index contributed by atoms with van der Waals surface area (Å²) < 4.78 is 0. The average Bonchev–Trinajstić information content (AvgIpc) is 2.55. The van der Waals surface area contributed by atoms with Crippen molar-refractivity contribution in [2.45, 2.75) is 45.6 Å². The summed E-state index contributed by atoms with van der Waals surface area (Å²) >= 11 is 0. The fourth-order valence-electron chi connectivity index (χ4n) is 2.82. The zero-order valence-electron chi connectivity index (χ0n) is 13.4. The molecular weight excluding hydrogens is 276 g/mol. The van der Waals surface area contributed by atoms with Gasteiger partial charge in [-0.2, -0.15) is 5.26 Å². The van der Waals surface area contributed by atoms with Crippen molar-refractivity contribution in [3.8, 4) is 6.07 Å². The molecule has 2 atom stereocenters. The first-order valence-electron chi connectivity index (χ1n) is 8.07. The van der Waals surface area contributed by atoms with Gasteiger partial charge in [0.1, 0.15) is 17.6 Å². The SMILES string of the molecule is CCCCNC(=O)C1CCC(C)N(c2cccc(C#N)n2)C1. The standard InChI is InChI=1S/C17H24N4O/c1-3-4-10-19-17(22)14-9-8-13(2)21(12-14)16-7-5-6-15(11-18)20-16/h5-7,13-14H,3-4,8-10,12H2,1-2H3,(H,19,22). The lowest BCUT2D eigenvalue weighted by atomic mass is 9.92. The number of aromatic nitrogens is 1. The van der Waals surface area contributed by atoms with Crippen molar-refractivity contribution in [1.29, 1.82) is 5.26 Å². The second-order valence-corrected chi connectivity index (χ2v) is 5.91. The van der Waals surface area contributed by atoms with E-state index in [9.17, 15) is 4.79 Å². The van der Waals surface area contributed by atoms with Gasteiger partial charge < -0.3 is 10.2 Å². The molecule has 1 N–H and O–H groups in total. The van der Waals surface area contributed by atoms with Crippen molar-refractivity contribution in [1.82, 2.24) is 10.3 Å². The maximum absolute atomic E-state index is 12.3. The molecule has 0 aromatic carbocycles. The van der Waals surface area contributed by atoms with Crippen LogP contribution in [0.1, 0.15) is 45.2 Å². The highest BCUT2D eigenvalue weighted by Gasteiger charge is 2.30. The van der Waals surface area contributed by atoms with Gasteiger partial charge in [0.25, 0.3) is 0 Å². The number of rotatable bonds is 5. The van der Waals surface area contributed by atoms with Gasteiger partial charge in [-0.05, 0) is 38.3 Å². The van der Waals surface area contributed by atoms with Gasteiger partial charge in [0.2, 0.25) is 5.91 Å². The van der Waals surface area contributed by atoms with E-state index >= 15 is 0 Å². The highest BCUT2D eigenvalue weighted by Crippen LogP contribution is 2.26. The van der Waals surface area contributed by atoms with Crippen LogP contribution in [0.3, 0.4) is 0 Å². The van der Waals surface area contributed by atoms with E-state index < -0.39 is 0 Å². The molecule has 5 nitrogen and oxygen atoms in total. The number of hydrogen-bond acceptors (Lipinski definition) is 4. The van der Waals surface area contributed by atoms with Crippen LogP contribution in [0.2, 0.25) is 0 Å². The summed E-state index contributed by atoms with van der Waals surface area (Å²) in [6, 6.07) is 7.87. The van der Waals surface area contributed by atoms with Crippen LogP contribution in [0.15, 0.2) is 18.2 Å². The Balaban J connectivity index is 2.04. The van der Waals surface area contributed by atoms with E-state index in [2.05, 4.69) is 35.1 Å². The Morgan fingerprint density at radius 2 is 2.32 bits per heavy atom. The first-order valence-corrected chi connectivity index (χ1v) is 8.07. The first kappa shape index (κ1) is 16.3. The van der Waals surface area contributed by atoms with E-state index in [1.807, 2.05) is 12.1 Å². The number of nitriles is 1. The molecule has 0 saturated carbocycles. The summed E-state index contributed by atoms with van der Waals surface area (Å²) in [6.45, 7) is 5.68. The van der Waals surface area contributed by atoms with Crippen LogP contribution in [0, 0.1) is 17.2 Å². The Bertz CT molecular complexity index is 552. The summed E-state index contributed by atoms with van der Waals surface area (Å²) in [4.78, 5) is 18.8. The van der Waals surface area contributed by atoms with Gasteiger partial charge in [-0.15, -0.1) is 0 Å². The van der Waals surface area contributed by atoms with Crippen LogP contribution in [-0.4, -0.2) is 30.0 Å². The predicted molar refractivity (Wildman–Crippen MR) is 86.4 cm³/mol. The van der Waals surface area contributed by atoms with Gasteiger partial charge in [-0.25, -0.2) is 4.98 Å². The lowest BCUT2D eigenvalue weighted by Crippen LogP contribution is -2.47. The van der Waals surface area contributed by atoms with Gasteiger partial charge in [-0.3, -0.25) is 4.79 Å². The van der Waals surface area contributed by atoms with Crippen molar-refractivity contribution in [2.75, 3.05) is 18.0 Å². The molecule has 1 aromatic heterocycles. The zero-order chi connectivity index (χ0) is 15.9. The highest BCUT2D eigenvalue weighted by molar-refractivity contribution is 5.79. The molecule has 2 heterocycles. The van der Waals surface area contributed by atoms with Gasteiger partial charge in [0.15, 0.2) is 0 Å². The molecule has 5 heteroatoms. The first-order chi connectivity index (χ1) is 10.7. The van der Waals surface area contributed by atoms with Gasteiger partial charge in [-0.1, -0.05) is 19.4 Å². The quantitative estimate of drug-likeness (QED) is 0.848. The Morgan fingerprint density at radius 1 is 1.50 bits per heavy atom. The molecule has 22 heavy (non-hydrogen) atoms. The van der Waals surface area contributed by atoms with Gasteiger partial charge in [0.05, 0.1) is 5.92 Å². The van der Waals surface area contributed by atoms with Crippen LogP contribution in [-0.2, 0) is 4.79 Å². The van der Waals surface area contributed by atoms with E-state index in [4.69, 9.17) is 5.26 Å². The Hall–Kier alpha value is -2.09. The van der Waals surface area contributed by atoms with Crippen LogP contribution >= 0.6 is 0 Å². The number of piperidine rings is 1. The summed E-state index contributed by atoms with van der Waals surface area (Å²) in [5, 5.41) is 12.0. The lowest BCUT2D eigenvalue weighted by Gasteiger charge is -2.38. The van der Waals surface area contributed by atoms with Crippen molar-refractivity contribution >= 4 is 11.7 Å². The molecule has 0 radical (unpaired) electrons. The molecule has 0 bridgehead atoms. The number of carbonyl (C=O) groups excluding carboxylic acids is 1. The molecule has 1 aliphatic rings. The molecule has 118 valence electrons. The van der Waals surface area contributed by atoms with E-state index in [-0.39, 0.29) is 11.8 Å². The number of unbranched alkanes of at least 4 members (excludes halogenated alkanes) is 1. The minimum Gasteiger partial charge on any atom is -0.356 e. The second kappa shape index (κ2) is 7.79. The fraction of sp³-hybridized carbons (Fsp3) is 0.588. The molecule has 0 spiro atoms.